The van der Waals surface area contributed by atoms with Crippen LogP contribution in [0.1, 0.15) is 48.9 Å². The Balaban J connectivity index is 1.51. The summed E-state index contributed by atoms with van der Waals surface area (Å²) in [7, 11) is 1.49. The molecule has 0 saturated heterocycles. The number of methoxy groups -OCH3 is 1. The van der Waals surface area contributed by atoms with Gasteiger partial charge in [-0.15, -0.1) is 0 Å². The Morgan fingerprint density at radius 2 is 1.92 bits per heavy atom. The van der Waals surface area contributed by atoms with Gasteiger partial charge < -0.3 is 10.1 Å². The maximum Gasteiger partial charge on any atom is 0.252 e. The molecular formula is C19H22ClF2NO2. The van der Waals surface area contributed by atoms with E-state index in [-0.39, 0.29) is 29.8 Å². The largest absolute Gasteiger partial charge is 0.495 e. The fourth-order valence-electron chi connectivity index (χ4n) is 5.80. The Labute approximate surface area is 151 Å². The molecule has 2 atom stereocenters. The van der Waals surface area contributed by atoms with Gasteiger partial charge in [0.2, 0.25) is 0 Å². The minimum atomic E-state index is -1.41. The first-order valence-electron chi connectivity index (χ1n) is 8.74. The average Bonchev–Trinajstić information content (AvgIpc) is 2.49. The number of benzene rings is 1. The molecule has 4 fully saturated rings. The van der Waals surface area contributed by atoms with Crippen LogP contribution in [0.25, 0.3) is 0 Å². The van der Waals surface area contributed by atoms with Crippen molar-refractivity contribution in [1.29, 1.82) is 0 Å². The number of alkyl halides is 2. The third-order valence-corrected chi connectivity index (χ3v) is 6.49. The standard InChI is InChI=1S/C19H22ClF2NO2/c1-25-14-4-2-3-13(15(14)20)16(24)23-11-17-5-12-6-18(21,8-17)10-19(22,7-12)9-17/h2-4,12H,5-11H2,1H3,(H,23,24). The summed E-state index contributed by atoms with van der Waals surface area (Å²) >= 11 is 6.20. The molecule has 2 unspecified atom stereocenters. The second kappa shape index (κ2) is 5.57. The van der Waals surface area contributed by atoms with Crippen molar-refractivity contribution in [2.45, 2.75) is 49.9 Å². The van der Waals surface area contributed by atoms with Crippen molar-refractivity contribution in [2.24, 2.45) is 11.3 Å². The first-order valence-corrected chi connectivity index (χ1v) is 9.12. The molecule has 136 valence electrons. The lowest BCUT2D eigenvalue weighted by molar-refractivity contribution is -0.172. The molecule has 4 bridgehead atoms. The lowest BCUT2D eigenvalue weighted by Crippen LogP contribution is -2.62. The van der Waals surface area contributed by atoms with Crippen LogP contribution >= 0.6 is 11.6 Å². The number of amides is 1. The number of rotatable bonds is 4. The molecule has 0 heterocycles. The van der Waals surface area contributed by atoms with Crippen molar-refractivity contribution in [3.63, 3.8) is 0 Å². The van der Waals surface area contributed by atoms with Crippen LogP contribution in [-0.4, -0.2) is 30.9 Å². The molecule has 4 aliphatic rings. The Bertz CT molecular complexity index is 707. The molecule has 0 radical (unpaired) electrons. The maximum absolute atomic E-state index is 15.0. The van der Waals surface area contributed by atoms with Crippen LogP contribution in [0.5, 0.6) is 5.75 Å². The minimum Gasteiger partial charge on any atom is -0.495 e. The number of nitrogens with one attached hydrogen (secondary N) is 1. The fraction of sp³-hybridized carbons (Fsp3) is 0.632. The molecular weight excluding hydrogens is 348 g/mol. The Morgan fingerprint density at radius 1 is 1.24 bits per heavy atom. The molecule has 4 saturated carbocycles. The van der Waals surface area contributed by atoms with Crippen molar-refractivity contribution < 1.29 is 18.3 Å². The second-order valence-corrected chi connectivity index (χ2v) is 8.69. The smallest absolute Gasteiger partial charge is 0.252 e. The molecule has 5 rings (SSSR count). The van der Waals surface area contributed by atoms with Gasteiger partial charge in [0.25, 0.3) is 5.91 Å². The number of carbonyl (C=O) groups excluding carboxylic acids is 1. The van der Waals surface area contributed by atoms with Gasteiger partial charge in [-0.05, 0) is 55.6 Å². The lowest BCUT2D eigenvalue weighted by Gasteiger charge is -2.61. The van der Waals surface area contributed by atoms with Gasteiger partial charge in [0.05, 0.1) is 17.7 Å². The minimum absolute atomic E-state index is 0.0217. The van der Waals surface area contributed by atoms with Crippen LogP contribution in [0, 0.1) is 11.3 Å². The van der Waals surface area contributed by atoms with Crippen LogP contribution in [0.4, 0.5) is 8.78 Å². The number of carbonyl (C=O) groups is 1. The molecule has 0 spiro atoms. The summed E-state index contributed by atoms with van der Waals surface area (Å²) in [5.74, 6) is 0.179. The van der Waals surface area contributed by atoms with Crippen molar-refractivity contribution >= 4 is 17.5 Å². The van der Waals surface area contributed by atoms with Gasteiger partial charge in [-0.2, -0.15) is 0 Å². The second-order valence-electron chi connectivity index (χ2n) is 8.32. The molecule has 1 N–H and O–H groups in total. The summed E-state index contributed by atoms with van der Waals surface area (Å²) in [4.78, 5) is 12.5. The van der Waals surface area contributed by atoms with Gasteiger partial charge in [-0.25, -0.2) is 8.78 Å². The zero-order valence-electron chi connectivity index (χ0n) is 14.2. The van der Waals surface area contributed by atoms with E-state index in [1.54, 1.807) is 18.2 Å². The van der Waals surface area contributed by atoms with Crippen LogP contribution in [0.3, 0.4) is 0 Å². The van der Waals surface area contributed by atoms with Gasteiger partial charge >= 0.3 is 0 Å². The molecule has 25 heavy (non-hydrogen) atoms. The van der Waals surface area contributed by atoms with E-state index in [2.05, 4.69) is 5.32 Å². The van der Waals surface area contributed by atoms with E-state index in [1.807, 2.05) is 0 Å². The van der Waals surface area contributed by atoms with Crippen molar-refractivity contribution in [1.82, 2.24) is 5.32 Å². The highest BCUT2D eigenvalue weighted by Gasteiger charge is 2.64. The average molecular weight is 370 g/mol. The van der Waals surface area contributed by atoms with Crippen molar-refractivity contribution in [3.05, 3.63) is 28.8 Å². The first-order chi connectivity index (χ1) is 11.8. The third-order valence-electron chi connectivity index (χ3n) is 6.10. The highest BCUT2D eigenvalue weighted by molar-refractivity contribution is 6.35. The molecule has 1 amide bonds. The van der Waals surface area contributed by atoms with Crippen molar-refractivity contribution in [2.75, 3.05) is 13.7 Å². The zero-order valence-corrected chi connectivity index (χ0v) is 15.0. The van der Waals surface area contributed by atoms with Crippen LogP contribution in [0.2, 0.25) is 5.02 Å². The molecule has 0 aromatic heterocycles. The molecule has 4 aliphatic carbocycles. The number of hydrogen-bond acceptors (Lipinski definition) is 2. The topological polar surface area (TPSA) is 38.3 Å². The van der Waals surface area contributed by atoms with Gasteiger partial charge in [0, 0.05) is 13.0 Å². The van der Waals surface area contributed by atoms with E-state index in [0.29, 0.717) is 37.0 Å². The van der Waals surface area contributed by atoms with E-state index in [1.165, 1.54) is 7.11 Å². The van der Waals surface area contributed by atoms with E-state index in [0.717, 1.165) is 6.42 Å². The normalized spacial score (nSPS) is 38.6. The summed E-state index contributed by atoms with van der Waals surface area (Å²) in [5, 5.41) is 3.12. The predicted octanol–water partition coefficient (Wildman–Crippen LogP) is 4.48. The summed E-state index contributed by atoms with van der Waals surface area (Å²) < 4.78 is 35.1. The highest BCUT2D eigenvalue weighted by atomic mass is 35.5. The summed E-state index contributed by atoms with van der Waals surface area (Å²) in [6.45, 7) is 0.285. The van der Waals surface area contributed by atoms with Gasteiger partial charge in [-0.3, -0.25) is 4.79 Å². The Morgan fingerprint density at radius 3 is 2.52 bits per heavy atom. The molecule has 1 aromatic carbocycles. The van der Waals surface area contributed by atoms with E-state index in [4.69, 9.17) is 16.3 Å². The highest BCUT2D eigenvalue weighted by Crippen LogP contribution is 2.65. The fourth-order valence-corrected chi connectivity index (χ4v) is 6.09. The van der Waals surface area contributed by atoms with Crippen LogP contribution < -0.4 is 10.1 Å². The van der Waals surface area contributed by atoms with E-state index < -0.39 is 16.8 Å². The van der Waals surface area contributed by atoms with Crippen LogP contribution in [0.15, 0.2) is 18.2 Å². The van der Waals surface area contributed by atoms with E-state index in [9.17, 15) is 13.6 Å². The molecule has 6 heteroatoms. The van der Waals surface area contributed by atoms with E-state index >= 15 is 0 Å². The summed E-state index contributed by atoms with van der Waals surface area (Å²) in [6.07, 6.45) is 2.43. The number of halogens is 3. The summed E-state index contributed by atoms with van der Waals surface area (Å²) in [5.41, 5.74) is -2.99. The third kappa shape index (κ3) is 2.90. The Hall–Kier alpha value is -1.36. The maximum atomic E-state index is 15.0. The number of hydrogen-bond donors (Lipinski definition) is 1. The molecule has 0 aliphatic heterocycles. The molecule has 1 aromatic rings. The molecule has 3 nitrogen and oxygen atoms in total. The Kier molecular flexibility index (Phi) is 3.80. The first kappa shape index (κ1) is 17.1. The predicted molar refractivity (Wildman–Crippen MR) is 91.6 cm³/mol. The summed E-state index contributed by atoms with van der Waals surface area (Å²) in [6, 6.07) is 4.99. The number of ether oxygens (including phenoxy) is 1. The van der Waals surface area contributed by atoms with Crippen LogP contribution in [-0.2, 0) is 0 Å². The monoisotopic (exact) mass is 369 g/mol. The van der Waals surface area contributed by atoms with Gasteiger partial charge in [-0.1, -0.05) is 17.7 Å². The quantitative estimate of drug-likeness (QED) is 0.849. The van der Waals surface area contributed by atoms with Crippen molar-refractivity contribution in [3.8, 4) is 5.75 Å². The SMILES string of the molecule is COc1cccc(C(=O)NCC23CC4CC(F)(CC(F)(C4)C2)C3)c1Cl. The van der Waals surface area contributed by atoms with Gasteiger partial charge in [0.15, 0.2) is 0 Å². The lowest BCUT2D eigenvalue weighted by atomic mass is 9.47. The van der Waals surface area contributed by atoms with Gasteiger partial charge in [0.1, 0.15) is 17.1 Å². The zero-order chi connectivity index (χ0) is 17.9.